The van der Waals surface area contributed by atoms with Crippen molar-refractivity contribution < 1.29 is 18.7 Å². The number of halogens is 2. The Bertz CT molecular complexity index is 435. The molecule has 2 rings (SSSR count). The van der Waals surface area contributed by atoms with E-state index in [9.17, 15) is 13.6 Å². The number of aliphatic carboxylic acids is 1. The number of carboxylic acid groups (broad SMARTS) is 1. The van der Waals surface area contributed by atoms with E-state index in [4.69, 9.17) is 5.11 Å². The molecule has 0 amide bonds. The lowest BCUT2D eigenvalue weighted by Gasteiger charge is -2.33. The van der Waals surface area contributed by atoms with Gasteiger partial charge >= 0.3 is 5.97 Å². The number of nitrogens with zero attached hydrogens (tertiary/aromatic N) is 1. The van der Waals surface area contributed by atoms with Crippen molar-refractivity contribution in [2.24, 2.45) is 0 Å². The highest BCUT2D eigenvalue weighted by Crippen LogP contribution is 2.30. The van der Waals surface area contributed by atoms with E-state index in [1.165, 1.54) is 0 Å². The molecule has 0 unspecified atom stereocenters. The summed E-state index contributed by atoms with van der Waals surface area (Å²) in [5.74, 6) is -3.35. The number of piperidine rings is 1. The summed E-state index contributed by atoms with van der Waals surface area (Å²) in [5.41, 5.74) is 1.88. The highest BCUT2D eigenvalue weighted by molar-refractivity contribution is 5.67. The Labute approximate surface area is 110 Å². The molecule has 0 aliphatic carbocycles. The number of aryl methyl sites for hydroxylation is 1. The molecule has 1 aliphatic heterocycles. The third-order valence-corrected chi connectivity index (χ3v) is 3.42. The lowest BCUT2D eigenvalue weighted by Crippen LogP contribution is -2.39. The number of carbonyl (C=O) groups is 1. The Hall–Kier alpha value is -1.65. The molecular formula is C14H17F2NO2. The van der Waals surface area contributed by atoms with E-state index in [1.54, 1.807) is 0 Å². The highest BCUT2D eigenvalue weighted by Gasteiger charge is 2.33. The van der Waals surface area contributed by atoms with Crippen LogP contribution in [0.2, 0.25) is 0 Å². The van der Waals surface area contributed by atoms with Crippen LogP contribution in [-0.2, 0) is 11.2 Å². The summed E-state index contributed by atoms with van der Waals surface area (Å²) in [6.07, 6.45) is 0.393. The minimum atomic E-state index is -2.53. The fourth-order valence-electron chi connectivity index (χ4n) is 2.22. The molecule has 1 heterocycles. The summed E-state index contributed by atoms with van der Waals surface area (Å²) in [5, 5.41) is 8.60. The molecule has 0 atom stereocenters. The second-order valence-electron chi connectivity index (χ2n) is 4.90. The zero-order chi connectivity index (χ0) is 13.9. The maximum atomic E-state index is 13.1. The highest BCUT2D eigenvalue weighted by atomic mass is 19.3. The zero-order valence-electron chi connectivity index (χ0n) is 10.6. The van der Waals surface area contributed by atoms with E-state index in [0.29, 0.717) is 19.5 Å². The van der Waals surface area contributed by atoms with Crippen LogP contribution in [0.4, 0.5) is 14.5 Å². The molecule has 5 heteroatoms. The first-order chi connectivity index (χ1) is 8.96. The number of alkyl halides is 2. The largest absolute Gasteiger partial charge is 0.481 e. The maximum absolute atomic E-state index is 13.1. The average molecular weight is 269 g/mol. The van der Waals surface area contributed by atoms with Crippen molar-refractivity contribution in [1.29, 1.82) is 0 Å². The Kier molecular flexibility index (Phi) is 4.02. The number of benzene rings is 1. The number of hydrogen-bond acceptors (Lipinski definition) is 2. The lowest BCUT2D eigenvalue weighted by atomic mass is 10.0. The van der Waals surface area contributed by atoms with Crippen molar-refractivity contribution in [1.82, 2.24) is 0 Å². The van der Waals surface area contributed by atoms with Crippen molar-refractivity contribution in [3.05, 3.63) is 29.8 Å². The Morgan fingerprint density at radius 1 is 1.21 bits per heavy atom. The van der Waals surface area contributed by atoms with Gasteiger partial charge in [-0.2, -0.15) is 0 Å². The first-order valence-electron chi connectivity index (χ1n) is 6.40. The third kappa shape index (κ3) is 3.91. The fourth-order valence-corrected chi connectivity index (χ4v) is 2.22. The Morgan fingerprint density at radius 3 is 2.32 bits per heavy atom. The van der Waals surface area contributed by atoms with Crippen molar-refractivity contribution >= 4 is 11.7 Å². The van der Waals surface area contributed by atoms with Crippen LogP contribution >= 0.6 is 0 Å². The van der Waals surface area contributed by atoms with Gasteiger partial charge in [0.1, 0.15) is 0 Å². The van der Waals surface area contributed by atoms with Crippen LogP contribution in [0.3, 0.4) is 0 Å². The summed E-state index contributed by atoms with van der Waals surface area (Å²) in [6, 6.07) is 7.48. The number of hydrogen-bond donors (Lipinski definition) is 1. The van der Waals surface area contributed by atoms with Gasteiger partial charge in [-0.25, -0.2) is 8.78 Å². The molecule has 1 aliphatic rings. The summed E-state index contributed by atoms with van der Waals surface area (Å²) < 4.78 is 26.1. The van der Waals surface area contributed by atoms with Crippen molar-refractivity contribution in [3.63, 3.8) is 0 Å². The van der Waals surface area contributed by atoms with Gasteiger partial charge in [0, 0.05) is 38.0 Å². The molecule has 19 heavy (non-hydrogen) atoms. The first-order valence-corrected chi connectivity index (χ1v) is 6.40. The maximum Gasteiger partial charge on any atom is 0.303 e. The smallest absolute Gasteiger partial charge is 0.303 e. The van der Waals surface area contributed by atoms with Crippen LogP contribution in [0.15, 0.2) is 24.3 Å². The van der Waals surface area contributed by atoms with Gasteiger partial charge < -0.3 is 10.0 Å². The monoisotopic (exact) mass is 269 g/mol. The minimum absolute atomic E-state index is 0.103. The second-order valence-corrected chi connectivity index (χ2v) is 4.90. The predicted octanol–water partition coefficient (Wildman–Crippen LogP) is 2.94. The molecule has 3 nitrogen and oxygen atoms in total. The summed E-state index contributed by atoms with van der Waals surface area (Å²) in [6.45, 7) is 0.725. The van der Waals surface area contributed by atoms with E-state index in [2.05, 4.69) is 0 Å². The Morgan fingerprint density at radius 2 is 1.79 bits per heavy atom. The average Bonchev–Trinajstić information content (AvgIpc) is 2.37. The van der Waals surface area contributed by atoms with Crippen LogP contribution in [0.5, 0.6) is 0 Å². The van der Waals surface area contributed by atoms with Crippen LogP contribution in [-0.4, -0.2) is 30.1 Å². The number of carboxylic acids is 1. The molecule has 1 aromatic carbocycles. The van der Waals surface area contributed by atoms with Crippen molar-refractivity contribution in [2.75, 3.05) is 18.0 Å². The van der Waals surface area contributed by atoms with Gasteiger partial charge in [0.15, 0.2) is 0 Å². The molecule has 0 aromatic heterocycles. The van der Waals surface area contributed by atoms with Crippen LogP contribution < -0.4 is 4.90 Å². The molecule has 1 saturated heterocycles. The van der Waals surface area contributed by atoms with E-state index in [-0.39, 0.29) is 19.3 Å². The normalized spacial score (nSPS) is 18.3. The lowest BCUT2D eigenvalue weighted by molar-refractivity contribution is -0.136. The standard InChI is InChI=1S/C14H17F2NO2/c15-14(16)7-9-17(10-8-14)12-4-1-11(2-5-12)3-6-13(18)19/h1-2,4-5H,3,6-10H2,(H,18,19). The minimum Gasteiger partial charge on any atom is -0.481 e. The predicted molar refractivity (Wildman–Crippen MR) is 68.8 cm³/mol. The first kappa shape index (κ1) is 13.8. The molecule has 1 aromatic rings. The van der Waals surface area contributed by atoms with Crippen LogP contribution in [0.25, 0.3) is 0 Å². The van der Waals surface area contributed by atoms with Gasteiger partial charge in [-0.1, -0.05) is 12.1 Å². The second kappa shape index (κ2) is 5.55. The molecule has 0 spiro atoms. The summed E-state index contributed by atoms with van der Waals surface area (Å²) in [7, 11) is 0. The molecular weight excluding hydrogens is 252 g/mol. The number of anilines is 1. The van der Waals surface area contributed by atoms with Gasteiger partial charge in [0.05, 0.1) is 0 Å². The topological polar surface area (TPSA) is 40.5 Å². The van der Waals surface area contributed by atoms with E-state index in [1.807, 2.05) is 29.2 Å². The van der Waals surface area contributed by atoms with Gasteiger partial charge in [-0.3, -0.25) is 4.79 Å². The summed E-state index contributed by atoms with van der Waals surface area (Å²) in [4.78, 5) is 12.4. The zero-order valence-corrected chi connectivity index (χ0v) is 10.6. The number of rotatable bonds is 4. The van der Waals surface area contributed by atoms with Gasteiger partial charge in [0.2, 0.25) is 0 Å². The SMILES string of the molecule is O=C(O)CCc1ccc(N2CCC(F)(F)CC2)cc1. The molecule has 104 valence electrons. The molecule has 0 radical (unpaired) electrons. The summed E-state index contributed by atoms with van der Waals surface area (Å²) >= 11 is 0. The van der Waals surface area contributed by atoms with Crippen LogP contribution in [0.1, 0.15) is 24.8 Å². The third-order valence-electron chi connectivity index (χ3n) is 3.42. The van der Waals surface area contributed by atoms with Crippen molar-refractivity contribution in [3.8, 4) is 0 Å². The van der Waals surface area contributed by atoms with E-state index >= 15 is 0 Å². The fraction of sp³-hybridized carbons (Fsp3) is 0.500. The van der Waals surface area contributed by atoms with Crippen LogP contribution in [0, 0.1) is 0 Å². The quantitative estimate of drug-likeness (QED) is 0.913. The van der Waals surface area contributed by atoms with Gasteiger partial charge in [-0.15, -0.1) is 0 Å². The molecule has 0 saturated carbocycles. The molecule has 0 bridgehead atoms. The molecule has 1 N–H and O–H groups in total. The van der Waals surface area contributed by atoms with Gasteiger partial charge in [0.25, 0.3) is 5.92 Å². The Balaban J connectivity index is 1.93. The van der Waals surface area contributed by atoms with E-state index in [0.717, 1.165) is 11.3 Å². The van der Waals surface area contributed by atoms with E-state index < -0.39 is 11.9 Å². The van der Waals surface area contributed by atoms with Crippen molar-refractivity contribution in [2.45, 2.75) is 31.6 Å². The van der Waals surface area contributed by atoms with Gasteiger partial charge in [-0.05, 0) is 24.1 Å². The molecule has 1 fully saturated rings.